The van der Waals surface area contributed by atoms with E-state index in [9.17, 15) is 20.2 Å². The van der Waals surface area contributed by atoms with Crippen molar-refractivity contribution in [2.45, 2.75) is 0 Å². The van der Waals surface area contributed by atoms with Gasteiger partial charge in [-0.05, 0) is 12.1 Å². The standard InChI is InChI=1S/C12H7N5O4/c18-16(19)9-5-8(6-10(7-9)17(20)21)15-13-11-3-1-2-4-12(11)14-15/h1-7H. The van der Waals surface area contributed by atoms with Gasteiger partial charge in [-0.3, -0.25) is 20.2 Å². The van der Waals surface area contributed by atoms with E-state index in [1.54, 1.807) is 24.3 Å². The third kappa shape index (κ3) is 2.27. The van der Waals surface area contributed by atoms with Crippen molar-refractivity contribution in [2.24, 2.45) is 0 Å². The lowest BCUT2D eigenvalue weighted by Gasteiger charge is -2.00. The van der Waals surface area contributed by atoms with Gasteiger partial charge in [-0.25, -0.2) is 0 Å². The topological polar surface area (TPSA) is 117 Å². The molecule has 0 fully saturated rings. The molecule has 21 heavy (non-hydrogen) atoms. The predicted octanol–water partition coefficient (Wildman–Crippen LogP) is 2.24. The van der Waals surface area contributed by atoms with E-state index in [-0.39, 0.29) is 17.1 Å². The van der Waals surface area contributed by atoms with Crippen LogP contribution in [0.5, 0.6) is 0 Å². The van der Waals surface area contributed by atoms with E-state index >= 15 is 0 Å². The van der Waals surface area contributed by atoms with Crippen molar-refractivity contribution in [3.05, 3.63) is 62.7 Å². The molecule has 0 N–H and O–H groups in total. The van der Waals surface area contributed by atoms with Crippen LogP contribution in [0, 0.1) is 20.2 Å². The third-order valence-corrected chi connectivity index (χ3v) is 2.83. The summed E-state index contributed by atoms with van der Waals surface area (Å²) in [4.78, 5) is 21.5. The maximum Gasteiger partial charge on any atom is 0.278 e. The lowest BCUT2D eigenvalue weighted by molar-refractivity contribution is -0.394. The fourth-order valence-electron chi connectivity index (χ4n) is 1.88. The first-order chi connectivity index (χ1) is 10.0. The molecule has 0 aliphatic rings. The van der Waals surface area contributed by atoms with Gasteiger partial charge in [-0.2, -0.15) is 0 Å². The molecular weight excluding hydrogens is 278 g/mol. The molecule has 1 aromatic heterocycles. The van der Waals surface area contributed by atoms with Gasteiger partial charge in [0.25, 0.3) is 11.4 Å². The Balaban J connectivity index is 2.20. The molecule has 3 aromatic rings. The maximum atomic E-state index is 10.9. The summed E-state index contributed by atoms with van der Waals surface area (Å²) in [7, 11) is 0. The normalized spacial score (nSPS) is 10.7. The molecule has 0 spiro atoms. The first-order valence-corrected chi connectivity index (χ1v) is 5.81. The Labute approximate surface area is 116 Å². The molecule has 2 aromatic carbocycles. The van der Waals surface area contributed by atoms with Crippen molar-refractivity contribution in [3.8, 4) is 5.69 Å². The molecule has 0 radical (unpaired) electrons. The van der Waals surface area contributed by atoms with E-state index in [4.69, 9.17) is 0 Å². The molecule has 9 heteroatoms. The van der Waals surface area contributed by atoms with E-state index in [0.717, 1.165) is 10.9 Å². The number of hydrogen-bond acceptors (Lipinski definition) is 6. The van der Waals surface area contributed by atoms with Gasteiger partial charge in [-0.15, -0.1) is 15.0 Å². The number of hydrogen-bond donors (Lipinski definition) is 0. The minimum Gasteiger partial charge on any atom is -0.258 e. The molecular formula is C12H7N5O4. The lowest BCUT2D eigenvalue weighted by Crippen LogP contribution is -2.01. The summed E-state index contributed by atoms with van der Waals surface area (Å²) in [5.41, 5.74) is 0.562. The number of benzene rings is 2. The van der Waals surface area contributed by atoms with Crippen LogP contribution >= 0.6 is 0 Å². The summed E-state index contributed by atoms with van der Waals surface area (Å²) >= 11 is 0. The van der Waals surface area contributed by atoms with E-state index in [2.05, 4.69) is 10.2 Å². The number of nitro groups is 2. The second-order valence-electron chi connectivity index (χ2n) is 4.20. The second kappa shape index (κ2) is 4.63. The summed E-state index contributed by atoms with van der Waals surface area (Å²) in [6.45, 7) is 0. The average molecular weight is 285 g/mol. The Kier molecular flexibility index (Phi) is 2.79. The van der Waals surface area contributed by atoms with Gasteiger partial charge in [0.05, 0.1) is 21.6 Å². The van der Waals surface area contributed by atoms with E-state index in [1.165, 1.54) is 12.1 Å². The minimum absolute atomic E-state index is 0.159. The maximum absolute atomic E-state index is 10.9. The molecule has 9 nitrogen and oxygen atoms in total. The first-order valence-electron chi connectivity index (χ1n) is 5.81. The number of nitro benzene ring substituents is 2. The Morgan fingerprint density at radius 3 is 1.76 bits per heavy atom. The van der Waals surface area contributed by atoms with Crippen molar-refractivity contribution >= 4 is 22.4 Å². The first kappa shape index (κ1) is 12.7. The minimum atomic E-state index is -0.695. The van der Waals surface area contributed by atoms with E-state index in [1.807, 2.05) is 0 Å². The van der Waals surface area contributed by atoms with Crippen LogP contribution in [-0.4, -0.2) is 24.8 Å². The van der Waals surface area contributed by atoms with Crippen LogP contribution in [0.4, 0.5) is 11.4 Å². The van der Waals surface area contributed by atoms with Crippen molar-refractivity contribution in [1.29, 1.82) is 0 Å². The van der Waals surface area contributed by atoms with Gasteiger partial charge in [0.2, 0.25) is 0 Å². The lowest BCUT2D eigenvalue weighted by atomic mass is 10.2. The zero-order chi connectivity index (χ0) is 15.0. The number of fused-ring (bicyclic) bond motifs is 1. The second-order valence-corrected chi connectivity index (χ2v) is 4.20. The summed E-state index contributed by atoms with van der Waals surface area (Å²) in [5, 5.41) is 30.0. The van der Waals surface area contributed by atoms with Gasteiger partial charge in [-0.1, -0.05) is 12.1 Å². The van der Waals surface area contributed by atoms with Crippen LogP contribution in [0.3, 0.4) is 0 Å². The molecule has 0 saturated heterocycles. The quantitative estimate of drug-likeness (QED) is 0.538. The van der Waals surface area contributed by atoms with Gasteiger partial charge in [0.15, 0.2) is 0 Å². The van der Waals surface area contributed by atoms with Gasteiger partial charge >= 0.3 is 0 Å². The fourth-order valence-corrected chi connectivity index (χ4v) is 1.88. The van der Waals surface area contributed by atoms with Crippen molar-refractivity contribution in [3.63, 3.8) is 0 Å². The Hall–Kier alpha value is -3.36. The fraction of sp³-hybridized carbons (Fsp3) is 0. The smallest absolute Gasteiger partial charge is 0.258 e. The molecule has 0 unspecified atom stereocenters. The van der Waals surface area contributed by atoms with Crippen molar-refractivity contribution in [1.82, 2.24) is 15.0 Å². The molecule has 104 valence electrons. The molecule has 1 heterocycles. The molecule has 0 bridgehead atoms. The zero-order valence-corrected chi connectivity index (χ0v) is 10.4. The summed E-state index contributed by atoms with van der Waals surface area (Å²) in [6, 6.07) is 10.3. The average Bonchev–Trinajstić information content (AvgIpc) is 2.90. The highest BCUT2D eigenvalue weighted by atomic mass is 16.6. The van der Waals surface area contributed by atoms with Crippen LogP contribution in [0.25, 0.3) is 16.7 Å². The van der Waals surface area contributed by atoms with Crippen molar-refractivity contribution < 1.29 is 9.85 Å². The molecule has 0 aliphatic carbocycles. The van der Waals surface area contributed by atoms with Crippen LogP contribution < -0.4 is 0 Å². The van der Waals surface area contributed by atoms with E-state index in [0.29, 0.717) is 11.0 Å². The summed E-state index contributed by atoms with van der Waals surface area (Å²) < 4.78 is 0. The third-order valence-electron chi connectivity index (χ3n) is 2.83. The number of rotatable bonds is 3. The molecule has 3 rings (SSSR count). The van der Waals surface area contributed by atoms with E-state index < -0.39 is 9.85 Å². The van der Waals surface area contributed by atoms with Crippen LogP contribution in [0.2, 0.25) is 0 Å². The SMILES string of the molecule is O=[N+]([O-])c1cc(-n2nc3ccccc3n2)cc([N+](=O)[O-])c1. The van der Waals surface area contributed by atoms with Gasteiger partial charge in [0.1, 0.15) is 11.0 Å². The van der Waals surface area contributed by atoms with Gasteiger partial charge < -0.3 is 0 Å². The molecule has 0 amide bonds. The summed E-state index contributed by atoms with van der Waals surface area (Å²) in [5.74, 6) is 0. The summed E-state index contributed by atoms with van der Waals surface area (Å²) in [6.07, 6.45) is 0. The highest BCUT2D eigenvalue weighted by molar-refractivity contribution is 5.73. The van der Waals surface area contributed by atoms with Gasteiger partial charge in [0, 0.05) is 12.1 Å². The zero-order valence-electron chi connectivity index (χ0n) is 10.4. The predicted molar refractivity (Wildman–Crippen MR) is 72.2 cm³/mol. The van der Waals surface area contributed by atoms with Crippen LogP contribution in [0.15, 0.2) is 42.5 Å². The number of non-ortho nitro benzene ring substituents is 2. The molecule has 0 atom stereocenters. The largest absolute Gasteiger partial charge is 0.278 e. The number of nitrogens with zero attached hydrogens (tertiary/aromatic N) is 5. The van der Waals surface area contributed by atoms with Crippen molar-refractivity contribution in [2.75, 3.05) is 0 Å². The van der Waals surface area contributed by atoms with Crippen LogP contribution in [0.1, 0.15) is 0 Å². The molecule has 0 aliphatic heterocycles. The Morgan fingerprint density at radius 2 is 1.33 bits per heavy atom. The Bertz CT molecular complexity index is 808. The Morgan fingerprint density at radius 1 is 0.857 bits per heavy atom. The van der Waals surface area contributed by atoms with Crippen LogP contribution in [-0.2, 0) is 0 Å². The highest BCUT2D eigenvalue weighted by Gasteiger charge is 2.18. The monoisotopic (exact) mass is 285 g/mol. The highest BCUT2D eigenvalue weighted by Crippen LogP contribution is 2.24. The molecule has 0 saturated carbocycles. The number of aromatic nitrogens is 3.